The number of rotatable bonds is 7. The molecule has 2 atom stereocenters. The first-order chi connectivity index (χ1) is 18.2. The van der Waals surface area contributed by atoms with Crippen molar-refractivity contribution < 1.29 is 27.5 Å². The van der Waals surface area contributed by atoms with Gasteiger partial charge in [0.2, 0.25) is 10.0 Å². The summed E-state index contributed by atoms with van der Waals surface area (Å²) < 4.78 is 39.2. The van der Waals surface area contributed by atoms with Gasteiger partial charge in [0.1, 0.15) is 5.60 Å². The molecule has 1 aromatic heterocycles. The summed E-state index contributed by atoms with van der Waals surface area (Å²) in [5, 5.41) is 24.1. The second kappa shape index (κ2) is 11.3. The third kappa shape index (κ3) is 6.62. The number of hydrogen-bond donors (Lipinski definition) is 1. The summed E-state index contributed by atoms with van der Waals surface area (Å²) in [7, 11) is -4.09. The zero-order chi connectivity index (χ0) is 29.1. The first-order valence-electron chi connectivity index (χ1n) is 12.2. The van der Waals surface area contributed by atoms with E-state index in [2.05, 4.69) is 27.0 Å². The zero-order valence-electron chi connectivity index (χ0n) is 22.6. The average molecular weight is 555 g/mol. The summed E-state index contributed by atoms with van der Waals surface area (Å²) in [5.41, 5.74) is 1.26. The molecule has 3 rings (SSSR count). The summed E-state index contributed by atoms with van der Waals surface area (Å²) in [6, 6.07) is 9.15. The molecule has 206 valence electrons. The van der Waals surface area contributed by atoms with Crippen LogP contribution in [-0.4, -0.2) is 53.9 Å². The number of carbonyl (C=O) groups excluding carboxylic acids is 2. The van der Waals surface area contributed by atoms with Gasteiger partial charge in [0, 0.05) is 17.0 Å². The Bertz CT molecular complexity index is 1570. The fourth-order valence-electron chi connectivity index (χ4n) is 4.20. The van der Waals surface area contributed by atoms with Gasteiger partial charge >= 0.3 is 12.1 Å². The Hall–Kier alpha value is -4.23. The Morgan fingerprint density at radius 3 is 2.49 bits per heavy atom. The van der Waals surface area contributed by atoms with Crippen LogP contribution >= 0.6 is 0 Å². The highest BCUT2D eigenvalue weighted by Crippen LogP contribution is 2.40. The summed E-state index contributed by atoms with van der Waals surface area (Å²) in [6.07, 6.45) is -1.21. The van der Waals surface area contributed by atoms with Crippen molar-refractivity contribution in [3.63, 3.8) is 0 Å². The zero-order valence-corrected chi connectivity index (χ0v) is 23.4. The van der Waals surface area contributed by atoms with Gasteiger partial charge in [-0.1, -0.05) is 6.07 Å². The maximum atomic E-state index is 12.9. The van der Waals surface area contributed by atoms with E-state index in [1.54, 1.807) is 59.7 Å². The number of fused-ring (bicyclic) bond motifs is 1. The van der Waals surface area contributed by atoms with Crippen molar-refractivity contribution in [3.05, 3.63) is 35.0 Å². The van der Waals surface area contributed by atoms with Crippen molar-refractivity contribution in [2.24, 2.45) is 10.9 Å². The van der Waals surface area contributed by atoms with Crippen LogP contribution in [0.2, 0.25) is 0 Å². The van der Waals surface area contributed by atoms with E-state index >= 15 is 0 Å². The molecule has 0 amide bonds. The van der Waals surface area contributed by atoms with Gasteiger partial charge < -0.3 is 9.47 Å². The van der Waals surface area contributed by atoms with Gasteiger partial charge in [-0.25, -0.2) is 13.2 Å². The Balaban J connectivity index is 2.15. The number of benzene rings is 1. The number of nitrogens with one attached hydrogen (secondary N) is 1. The molecule has 0 saturated carbocycles. The maximum Gasteiger partial charge on any atom is 0.435 e. The quantitative estimate of drug-likeness (QED) is 0.495. The minimum Gasteiger partial charge on any atom is -0.466 e. The lowest BCUT2D eigenvalue weighted by molar-refractivity contribution is -0.142. The van der Waals surface area contributed by atoms with Crippen LogP contribution in [0, 0.1) is 28.6 Å². The fraction of sp³-hybridized carbons (Fsp3) is 0.462. The summed E-state index contributed by atoms with van der Waals surface area (Å²) in [5.74, 6) is -2.80. The van der Waals surface area contributed by atoms with Crippen molar-refractivity contribution in [2.75, 3.05) is 17.1 Å². The predicted octanol–water partition coefficient (Wildman–Crippen LogP) is 4.01. The van der Waals surface area contributed by atoms with E-state index in [9.17, 15) is 28.5 Å². The van der Waals surface area contributed by atoms with E-state index in [4.69, 9.17) is 9.47 Å². The third-order valence-corrected chi connectivity index (χ3v) is 7.10. The molecule has 13 heteroatoms. The predicted molar refractivity (Wildman–Crippen MR) is 143 cm³/mol. The highest BCUT2D eigenvalue weighted by Gasteiger charge is 2.35. The normalized spacial score (nSPS) is 17.7. The summed E-state index contributed by atoms with van der Waals surface area (Å²) in [6.45, 7) is 10.2. The van der Waals surface area contributed by atoms with Crippen molar-refractivity contribution in [1.82, 2.24) is 9.78 Å². The van der Waals surface area contributed by atoms with Gasteiger partial charge in [-0.3, -0.25) is 14.5 Å². The van der Waals surface area contributed by atoms with Crippen molar-refractivity contribution in [1.29, 1.82) is 10.5 Å². The molecular weight excluding hydrogens is 524 g/mol. The van der Waals surface area contributed by atoms with E-state index in [-0.39, 0.29) is 29.7 Å². The number of aliphatic imine (C=N–C) groups is 1. The lowest BCUT2D eigenvalue weighted by Gasteiger charge is -2.26. The van der Waals surface area contributed by atoms with Crippen molar-refractivity contribution in [2.45, 2.75) is 59.5 Å². The molecular formula is C26H30N6O6S. The number of allylic oxidation sites excluding steroid dienone is 2. The molecule has 1 aliphatic rings. The first-order valence-corrected chi connectivity index (χ1v) is 13.8. The van der Waals surface area contributed by atoms with E-state index in [1.807, 2.05) is 0 Å². The highest BCUT2D eigenvalue weighted by atomic mass is 32.2. The van der Waals surface area contributed by atoms with Gasteiger partial charge in [-0.05, 0) is 59.2 Å². The molecule has 2 unspecified atom stereocenters. The largest absolute Gasteiger partial charge is 0.466 e. The molecule has 1 N–H and O–H groups in total. The van der Waals surface area contributed by atoms with E-state index in [0.29, 0.717) is 22.5 Å². The molecule has 12 nitrogen and oxygen atoms in total. The SMILES string of the molecule is CCOC(=O)CCS(=O)(=O)Nc1nn(C(=O)OC(C)(C)C)c2ccc(C3C(C#N)=C(C)N=C(C)C3C#N)cc12. The molecule has 1 aliphatic heterocycles. The highest BCUT2D eigenvalue weighted by molar-refractivity contribution is 7.92. The number of nitrogens with zero attached hydrogens (tertiary/aromatic N) is 5. The Labute approximate surface area is 227 Å². The smallest absolute Gasteiger partial charge is 0.435 e. The number of carbonyl (C=O) groups is 2. The summed E-state index contributed by atoms with van der Waals surface area (Å²) in [4.78, 5) is 29.0. The molecule has 0 radical (unpaired) electrons. The second-order valence-corrected chi connectivity index (χ2v) is 11.8. The van der Waals surface area contributed by atoms with Gasteiger partial charge in [0.25, 0.3) is 0 Å². The summed E-state index contributed by atoms with van der Waals surface area (Å²) >= 11 is 0. The molecule has 2 aromatic rings. The molecule has 0 aliphatic carbocycles. The number of esters is 1. The van der Waals surface area contributed by atoms with E-state index < -0.39 is 45.3 Å². The average Bonchev–Trinajstić information content (AvgIpc) is 3.18. The minimum atomic E-state index is -4.09. The van der Waals surface area contributed by atoms with Gasteiger partial charge in [-0.2, -0.15) is 15.2 Å². The van der Waals surface area contributed by atoms with Crippen LogP contribution in [0.4, 0.5) is 10.6 Å². The lowest BCUT2D eigenvalue weighted by Crippen LogP contribution is -2.28. The fourth-order valence-corrected chi connectivity index (χ4v) is 5.19. The van der Waals surface area contributed by atoms with Crippen molar-refractivity contribution in [3.8, 4) is 12.1 Å². The molecule has 0 spiro atoms. The van der Waals surface area contributed by atoms with Crippen LogP contribution in [0.5, 0.6) is 0 Å². The topological polar surface area (TPSA) is 177 Å². The van der Waals surface area contributed by atoms with Crippen LogP contribution in [0.1, 0.15) is 59.4 Å². The monoisotopic (exact) mass is 554 g/mol. The van der Waals surface area contributed by atoms with Crippen LogP contribution in [0.3, 0.4) is 0 Å². The number of ether oxygens (including phenoxy) is 2. The minimum absolute atomic E-state index is 0.119. The molecule has 0 saturated heterocycles. The van der Waals surface area contributed by atoms with E-state index in [1.165, 1.54) is 0 Å². The Morgan fingerprint density at radius 2 is 1.90 bits per heavy atom. The molecule has 2 heterocycles. The number of hydrogen-bond acceptors (Lipinski definition) is 10. The van der Waals surface area contributed by atoms with Crippen LogP contribution in [-0.2, 0) is 24.3 Å². The first kappa shape index (κ1) is 29.3. The third-order valence-electron chi connectivity index (χ3n) is 5.85. The molecule has 39 heavy (non-hydrogen) atoms. The molecule has 0 bridgehead atoms. The van der Waals surface area contributed by atoms with Crippen LogP contribution in [0.25, 0.3) is 10.9 Å². The number of anilines is 1. The van der Waals surface area contributed by atoms with Gasteiger partial charge in [0.15, 0.2) is 5.82 Å². The number of sulfonamides is 1. The standard InChI is InChI=1S/C26H30N6O6S/c1-7-37-22(33)10-11-39(35,36)31-24-18-12-17(23-19(13-27)15(2)29-16(3)20(23)14-28)8-9-21(18)32(30-24)25(34)38-26(4,5)6/h8-9,12,19,23H,7,10-11H2,1-6H3,(H,30,31). The van der Waals surface area contributed by atoms with E-state index in [0.717, 1.165) is 4.68 Å². The van der Waals surface area contributed by atoms with Gasteiger partial charge in [0.05, 0.1) is 53.6 Å². The lowest BCUT2D eigenvalue weighted by atomic mass is 9.76. The second-order valence-electron chi connectivity index (χ2n) is 9.94. The van der Waals surface area contributed by atoms with Crippen LogP contribution in [0.15, 0.2) is 34.5 Å². The Kier molecular flexibility index (Phi) is 8.46. The molecule has 1 aromatic carbocycles. The number of nitriles is 2. The van der Waals surface area contributed by atoms with Crippen molar-refractivity contribution >= 4 is 44.5 Å². The number of aromatic nitrogens is 2. The molecule has 0 fully saturated rings. The maximum absolute atomic E-state index is 12.9. The Morgan fingerprint density at radius 1 is 1.21 bits per heavy atom. The van der Waals surface area contributed by atoms with Gasteiger partial charge in [-0.15, -0.1) is 5.10 Å². The van der Waals surface area contributed by atoms with Crippen LogP contribution < -0.4 is 4.72 Å².